The highest BCUT2D eigenvalue weighted by Gasteiger charge is 2.25. The first-order valence-electron chi connectivity index (χ1n) is 6.31. The van der Waals surface area contributed by atoms with Crippen molar-refractivity contribution in [3.05, 3.63) is 29.8 Å². The maximum atomic E-state index is 2.25. The molecule has 0 unspecified atom stereocenters. The lowest BCUT2D eigenvalue weighted by molar-refractivity contribution is 0.198. The first-order valence-corrected chi connectivity index (χ1v) is 6.31. The summed E-state index contributed by atoms with van der Waals surface area (Å²) in [6.07, 6.45) is 0. The third-order valence-electron chi connectivity index (χ3n) is 3.16. The molecule has 0 bridgehead atoms. The summed E-state index contributed by atoms with van der Waals surface area (Å²) >= 11 is 0. The van der Waals surface area contributed by atoms with Gasteiger partial charge < -0.3 is 9.80 Å². The summed E-state index contributed by atoms with van der Waals surface area (Å²) in [5, 5.41) is 0. The Morgan fingerprint density at radius 2 is 1.35 bits per heavy atom. The zero-order valence-corrected chi connectivity index (χ0v) is 12.7. The van der Waals surface area contributed by atoms with E-state index in [1.165, 1.54) is 11.3 Å². The molecule has 0 aromatic heterocycles. The molecule has 0 radical (unpaired) electrons. The van der Waals surface area contributed by atoms with Gasteiger partial charge in [0.05, 0.1) is 0 Å². The van der Waals surface area contributed by atoms with Gasteiger partial charge in [0, 0.05) is 25.3 Å². The molecule has 2 heteroatoms. The van der Waals surface area contributed by atoms with Crippen LogP contribution < -0.4 is 4.90 Å². The van der Waals surface area contributed by atoms with Gasteiger partial charge in [0.2, 0.25) is 0 Å². The first kappa shape index (κ1) is 16.0. The molecule has 0 heterocycles. The van der Waals surface area contributed by atoms with E-state index in [0.29, 0.717) is 0 Å². The number of hydrogen-bond donors (Lipinski definition) is 0. The molecule has 1 rings (SSSR count). The van der Waals surface area contributed by atoms with E-state index in [1.807, 2.05) is 13.8 Å². The molecule has 1 aromatic rings. The lowest BCUT2D eigenvalue weighted by Gasteiger charge is -2.36. The summed E-state index contributed by atoms with van der Waals surface area (Å²) in [5.41, 5.74) is 2.71. The van der Waals surface area contributed by atoms with E-state index in [2.05, 4.69) is 76.1 Å². The van der Waals surface area contributed by atoms with Crippen molar-refractivity contribution in [3.63, 3.8) is 0 Å². The molecule has 0 N–H and O–H groups in total. The second kappa shape index (κ2) is 6.65. The fourth-order valence-corrected chi connectivity index (χ4v) is 1.62. The second-order valence-electron chi connectivity index (χ2n) is 4.87. The summed E-state index contributed by atoms with van der Waals surface area (Å²) in [7, 11) is 8.41. The van der Waals surface area contributed by atoms with Crippen molar-refractivity contribution in [2.75, 3.05) is 33.1 Å². The minimum Gasteiger partial charge on any atom is -0.377 e. The minimum absolute atomic E-state index is 0.0564. The summed E-state index contributed by atoms with van der Waals surface area (Å²) in [5.74, 6) is 0. The van der Waals surface area contributed by atoms with Gasteiger partial charge >= 0.3 is 0 Å². The Morgan fingerprint density at radius 3 is 1.76 bits per heavy atom. The lowest BCUT2D eigenvalue weighted by atomic mass is 9.91. The Balaban J connectivity index is 0.00000121. The molecule has 0 aliphatic rings. The second-order valence-corrected chi connectivity index (χ2v) is 4.87. The van der Waals surface area contributed by atoms with Gasteiger partial charge in [-0.25, -0.2) is 0 Å². The van der Waals surface area contributed by atoms with E-state index in [-0.39, 0.29) is 5.54 Å². The van der Waals surface area contributed by atoms with Gasteiger partial charge in [0.15, 0.2) is 0 Å². The molecule has 2 nitrogen and oxygen atoms in total. The predicted octanol–water partition coefficient (Wildman–Crippen LogP) is 3.58. The molecule has 98 valence electrons. The largest absolute Gasteiger partial charge is 0.377 e. The number of para-hydroxylation sites is 1. The smallest absolute Gasteiger partial charge is 0.0418 e. The highest BCUT2D eigenvalue weighted by Crippen LogP contribution is 2.32. The molecule has 0 saturated carbocycles. The van der Waals surface area contributed by atoms with Crippen molar-refractivity contribution in [2.45, 2.75) is 33.2 Å². The third-order valence-corrected chi connectivity index (χ3v) is 3.16. The first-order chi connectivity index (χ1) is 7.87. The van der Waals surface area contributed by atoms with Crippen molar-refractivity contribution < 1.29 is 0 Å². The Kier molecular flexibility index (Phi) is 6.25. The molecular formula is C15H28N2. The van der Waals surface area contributed by atoms with E-state index in [0.717, 1.165) is 0 Å². The van der Waals surface area contributed by atoms with Crippen LogP contribution in [0.1, 0.15) is 33.3 Å². The van der Waals surface area contributed by atoms with Crippen LogP contribution in [0.4, 0.5) is 5.69 Å². The van der Waals surface area contributed by atoms with Crippen LogP contribution in [0, 0.1) is 0 Å². The van der Waals surface area contributed by atoms with Gasteiger partial charge in [0.25, 0.3) is 0 Å². The average Bonchev–Trinajstić information content (AvgIpc) is 2.31. The predicted molar refractivity (Wildman–Crippen MR) is 78.8 cm³/mol. The number of nitrogens with zero attached hydrogens (tertiary/aromatic N) is 2. The molecule has 0 atom stereocenters. The number of benzene rings is 1. The van der Waals surface area contributed by atoms with E-state index < -0.39 is 0 Å². The zero-order valence-electron chi connectivity index (χ0n) is 12.7. The summed E-state index contributed by atoms with van der Waals surface area (Å²) in [6, 6.07) is 8.56. The number of rotatable bonds is 3. The normalized spacial score (nSPS) is 10.9. The van der Waals surface area contributed by atoms with Gasteiger partial charge in [-0.3, -0.25) is 0 Å². The van der Waals surface area contributed by atoms with Gasteiger partial charge in [0.1, 0.15) is 0 Å². The van der Waals surface area contributed by atoms with Gasteiger partial charge in [-0.15, -0.1) is 0 Å². The monoisotopic (exact) mass is 236 g/mol. The van der Waals surface area contributed by atoms with Crippen LogP contribution in [-0.4, -0.2) is 33.1 Å². The van der Waals surface area contributed by atoms with Crippen LogP contribution in [0.5, 0.6) is 0 Å². The fraction of sp³-hybridized carbons (Fsp3) is 0.600. The van der Waals surface area contributed by atoms with Crippen LogP contribution in [0.15, 0.2) is 24.3 Å². The molecule has 0 saturated heterocycles. The SMILES string of the molecule is CC.CN(C)c1ccccc1C(C)(C)N(C)C. The van der Waals surface area contributed by atoms with Gasteiger partial charge in [-0.2, -0.15) is 0 Å². The van der Waals surface area contributed by atoms with Gasteiger partial charge in [-0.1, -0.05) is 32.0 Å². The highest BCUT2D eigenvalue weighted by atomic mass is 15.1. The Morgan fingerprint density at radius 1 is 0.882 bits per heavy atom. The summed E-state index contributed by atoms with van der Waals surface area (Å²) in [4.78, 5) is 4.41. The lowest BCUT2D eigenvalue weighted by Crippen LogP contribution is -2.36. The molecule has 17 heavy (non-hydrogen) atoms. The van der Waals surface area contributed by atoms with E-state index >= 15 is 0 Å². The van der Waals surface area contributed by atoms with Crippen LogP contribution in [0.3, 0.4) is 0 Å². The van der Waals surface area contributed by atoms with Crippen LogP contribution in [-0.2, 0) is 5.54 Å². The van der Waals surface area contributed by atoms with Crippen molar-refractivity contribution in [1.29, 1.82) is 0 Å². The Hall–Kier alpha value is -1.02. The maximum Gasteiger partial charge on any atom is 0.0418 e. The topological polar surface area (TPSA) is 6.48 Å². The average molecular weight is 236 g/mol. The van der Waals surface area contributed by atoms with Gasteiger partial charge in [-0.05, 0) is 39.6 Å². The van der Waals surface area contributed by atoms with E-state index in [1.54, 1.807) is 0 Å². The summed E-state index contributed by atoms with van der Waals surface area (Å²) < 4.78 is 0. The van der Waals surface area contributed by atoms with Crippen LogP contribution >= 0.6 is 0 Å². The maximum absolute atomic E-state index is 2.25. The molecule has 0 amide bonds. The van der Waals surface area contributed by atoms with E-state index in [9.17, 15) is 0 Å². The highest BCUT2D eigenvalue weighted by molar-refractivity contribution is 5.55. The molecular weight excluding hydrogens is 208 g/mol. The molecule has 0 spiro atoms. The van der Waals surface area contributed by atoms with Crippen molar-refractivity contribution in [3.8, 4) is 0 Å². The quantitative estimate of drug-likeness (QED) is 0.791. The number of hydrogen-bond acceptors (Lipinski definition) is 2. The molecule has 1 aromatic carbocycles. The van der Waals surface area contributed by atoms with Crippen LogP contribution in [0.25, 0.3) is 0 Å². The van der Waals surface area contributed by atoms with Crippen molar-refractivity contribution >= 4 is 5.69 Å². The molecule has 0 fully saturated rings. The summed E-state index contributed by atoms with van der Waals surface area (Å²) in [6.45, 7) is 8.49. The Labute approximate surface area is 107 Å². The fourth-order valence-electron chi connectivity index (χ4n) is 1.62. The zero-order chi connectivity index (χ0) is 13.6. The number of anilines is 1. The molecule has 0 aliphatic heterocycles. The standard InChI is InChI=1S/C13H22N2.C2H6/c1-13(2,15(5)6)11-9-7-8-10-12(11)14(3)4;1-2/h7-10H,1-6H3;1-2H3. The van der Waals surface area contributed by atoms with Crippen LogP contribution in [0.2, 0.25) is 0 Å². The third kappa shape index (κ3) is 3.74. The van der Waals surface area contributed by atoms with Crippen molar-refractivity contribution in [2.24, 2.45) is 0 Å². The minimum atomic E-state index is 0.0564. The Bertz CT molecular complexity index is 327. The molecule has 0 aliphatic carbocycles. The van der Waals surface area contributed by atoms with E-state index in [4.69, 9.17) is 0 Å². The van der Waals surface area contributed by atoms with Crippen molar-refractivity contribution in [1.82, 2.24) is 4.90 Å².